The third kappa shape index (κ3) is 3.09. The summed E-state index contributed by atoms with van der Waals surface area (Å²) in [6.45, 7) is 5.29. The average Bonchev–Trinajstić information content (AvgIpc) is 2.73. The monoisotopic (exact) mass is 282 g/mol. The fraction of sp³-hybridized carbons (Fsp3) is 0.643. The Balaban J connectivity index is 2.08. The lowest BCUT2D eigenvalue weighted by Gasteiger charge is -2.26. The maximum atomic E-state index is 11.8. The van der Waals surface area contributed by atoms with Crippen molar-refractivity contribution in [3.8, 4) is 0 Å². The number of methoxy groups -OCH3 is 1. The van der Waals surface area contributed by atoms with Crippen LogP contribution in [-0.2, 0) is 17.7 Å². The molecule has 0 saturated heterocycles. The van der Waals surface area contributed by atoms with Crippen molar-refractivity contribution in [3.63, 3.8) is 0 Å². The van der Waals surface area contributed by atoms with Crippen molar-refractivity contribution in [2.24, 2.45) is 0 Å². The number of unbranched alkanes of at least 4 members (excludes halogenated alkanes) is 2. The second kappa shape index (κ2) is 6.39. The lowest BCUT2D eigenvalue weighted by Crippen LogP contribution is -2.31. The van der Waals surface area contributed by atoms with Crippen molar-refractivity contribution in [2.45, 2.75) is 39.2 Å². The minimum Gasteiger partial charge on any atom is -0.465 e. The number of nitrogens with zero attached hydrogens (tertiary/aromatic N) is 1. The van der Waals surface area contributed by atoms with E-state index in [4.69, 9.17) is 10.5 Å². The average molecular weight is 282 g/mol. The molecule has 2 heterocycles. The smallest absolute Gasteiger partial charge is 0.341 e. The van der Waals surface area contributed by atoms with E-state index < -0.39 is 0 Å². The van der Waals surface area contributed by atoms with Gasteiger partial charge in [-0.3, -0.25) is 4.90 Å². The molecule has 0 bridgehead atoms. The number of thiophene rings is 1. The SMILES string of the molecule is CCCCCN1CCc2c(sc(N)c2C(=O)OC)C1. The van der Waals surface area contributed by atoms with Crippen molar-refractivity contribution >= 4 is 22.3 Å². The molecule has 1 aliphatic heterocycles. The second-order valence-electron chi connectivity index (χ2n) is 4.97. The minimum absolute atomic E-state index is 0.297. The Morgan fingerprint density at radius 1 is 1.47 bits per heavy atom. The third-order valence-electron chi connectivity index (χ3n) is 3.63. The molecule has 0 atom stereocenters. The first-order chi connectivity index (χ1) is 9.17. The summed E-state index contributed by atoms with van der Waals surface area (Å²) in [6.07, 6.45) is 4.68. The Hall–Kier alpha value is -1.07. The minimum atomic E-state index is -0.297. The highest BCUT2D eigenvalue weighted by Gasteiger charge is 2.27. The zero-order valence-corrected chi connectivity index (χ0v) is 12.5. The zero-order valence-electron chi connectivity index (χ0n) is 11.7. The topological polar surface area (TPSA) is 55.6 Å². The molecule has 0 radical (unpaired) electrons. The molecule has 106 valence electrons. The number of nitrogen functional groups attached to an aromatic ring is 1. The number of carbonyl (C=O) groups is 1. The lowest BCUT2D eigenvalue weighted by molar-refractivity contribution is 0.0600. The summed E-state index contributed by atoms with van der Waals surface area (Å²) in [5, 5.41) is 0.604. The van der Waals surface area contributed by atoms with Crippen LogP contribution in [0.15, 0.2) is 0 Å². The predicted molar refractivity (Wildman–Crippen MR) is 78.6 cm³/mol. The number of esters is 1. The van der Waals surface area contributed by atoms with E-state index in [1.54, 1.807) is 0 Å². The number of ether oxygens (including phenoxy) is 1. The van der Waals surface area contributed by atoms with Crippen LogP contribution in [0.25, 0.3) is 0 Å². The highest BCUT2D eigenvalue weighted by Crippen LogP contribution is 2.35. The van der Waals surface area contributed by atoms with Crippen LogP contribution in [0.5, 0.6) is 0 Å². The van der Waals surface area contributed by atoms with Crippen LogP contribution in [-0.4, -0.2) is 31.1 Å². The molecule has 1 aromatic rings. The molecular weight excluding hydrogens is 260 g/mol. The molecule has 4 nitrogen and oxygen atoms in total. The van der Waals surface area contributed by atoms with E-state index in [1.807, 2.05) is 0 Å². The highest BCUT2D eigenvalue weighted by atomic mass is 32.1. The molecule has 0 unspecified atom stereocenters. The summed E-state index contributed by atoms with van der Waals surface area (Å²) < 4.78 is 4.82. The van der Waals surface area contributed by atoms with Gasteiger partial charge in [0.2, 0.25) is 0 Å². The van der Waals surface area contributed by atoms with E-state index >= 15 is 0 Å². The Kier molecular flexibility index (Phi) is 4.82. The van der Waals surface area contributed by atoms with Gasteiger partial charge in [0, 0.05) is 18.0 Å². The number of rotatable bonds is 5. The Bertz CT molecular complexity index is 457. The van der Waals surface area contributed by atoms with Gasteiger partial charge in [0.1, 0.15) is 5.00 Å². The summed E-state index contributed by atoms with van der Waals surface area (Å²) in [5.74, 6) is -0.297. The number of anilines is 1. The van der Waals surface area contributed by atoms with Gasteiger partial charge in [0.15, 0.2) is 0 Å². The normalized spacial score (nSPS) is 15.3. The lowest BCUT2D eigenvalue weighted by atomic mass is 10.0. The van der Waals surface area contributed by atoms with Gasteiger partial charge in [0.25, 0.3) is 0 Å². The quantitative estimate of drug-likeness (QED) is 0.666. The maximum absolute atomic E-state index is 11.8. The van der Waals surface area contributed by atoms with Crippen LogP contribution in [0.2, 0.25) is 0 Å². The van der Waals surface area contributed by atoms with Crippen molar-refractivity contribution in [3.05, 3.63) is 16.0 Å². The summed E-state index contributed by atoms with van der Waals surface area (Å²) in [6, 6.07) is 0. The highest BCUT2D eigenvalue weighted by molar-refractivity contribution is 7.16. The Morgan fingerprint density at radius 3 is 2.95 bits per heavy atom. The first kappa shape index (κ1) is 14.3. The zero-order chi connectivity index (χ0) is 13.8. The van der Waals surface area contributed by atoms with Crippen LogP contribution >= 0.6 is 11.3 Å². The van der Waals surface area contributed by atoms with Crippen LogP contribution in [0, 0.1) is 0 Å². The van der Waals surface area contributed by atoms with E-state index in [0.717, 1.165) is 31.6 Å². The van der Waals surface area contributed by atoms with Gasteiger partial charge < -0.3 is 10.5 Å². The molecule has 0 spiro atoms. The number of fused-ring (bicyclic) bond motifs is 1. The summed E-state index contributed by atoms with van der Waals surface area (Å²) in [5.41, 5.74) is 7.68. The van der Waals surface area contributed by atoms with Crippen molar-refractivity contribution in [1.29, 1.82) is 0 Å². The number of carbonyl (C=O) groups excluding carboxylic acids is 1. The molecule has 2 rings (SSSR count). The van der Waals surface area contributed by atoms with Gasteiger partial charge in [-0.15, -0.1) is 11.3 Å². The van der Waals surface area contributed by atoms with Gasteiger partial charge in [-0.1, -0.05) is 19.8 Å². The molecule has 19 heavy (non-hydrogen) atoms. The first-order valence-electron chi connectivity index (χ1n) is 6.88. The van der Waals surface area contributed by atoms with Gasteiger partial charge >= 0.3 is 5.97 Å². The number of hydrogen-bond acceptors (Lipinski definition) is 5. The molecule has 0 fully saturated rings. The van der Waals surface area contributed by atoms with Crippen LogP contribution in [0.3, 0.4) is 0 Å². The van der Waals surface area contributed by atoms with Crippen molar-refractivity contribution in [1.82, 2.24) is 4.90 Å². The first-order valence-corrected chi connectivity index (χ1v) is 7.69. The van der Waals surface area contributed by atoms with Crippen molar-refractivity contribution in [2.75, 3.05) is 25.9 Å². The van der Waals surface area contributed by atoms with E-state index in [0.29, 0.717) is 10.6 Å². The number of nitrogens with two attached hydrogens (primary N) is 1. The van der Waals surface area contributed by atoms with E-state index in [-0.39, 0.29) is 5.97 Å². The Morgan fingerprint density at radius 2 is 2.26 bits per heavy atom. The molecule has 0 saturated carbocycles. The number of hydrogen-bond donors (Lipinski definition) is 1. The predicted octanol–water partition coefficient (Wildman–Crippen LogP) is 2.67. The molecule has 0 amide bonds. The van der Waals surface area contributed by atoms with Crippen molar-refractivity contribution < 1.29 is 9.53 Å². The molecule has 2 N–H and O–H groups in total. The summed E-state index contributed by atoms with van der Waals surface area (Å²) in [7, 11) is 1.41. The Labute approximate surface area is 118 Å². The fourth-order valence-electron chi connectivity index (χ4n) is 2.58. The molecule has 1 aliphatic rings. The fourth-order valence-corrected chi connectivity index (χ4v) is 3.73. The van der Waals surface area contributed by atoms with Gasteiger partial charge in [-0.05, 0) is 24.9 Å². The van der Waals surface area contributed by atoms with Crippen LogP contribution in [0.4, 0.5) is 5.00 Å². The van der Waals surface area contributed by atoms with Crippen LogP contribution < -0.4 is 5.73 Å². The third-order valence-corrected chi connectivity index (χ3v) is 4.68. The van der Waals surface area contributed by atoms with Crippen LogP contribution in [0.1, 0.15) is 47.0 Å². The van der Waals surface area contributed by atoms with Gasteiger partial charge in [-0.25, -0.2) is 4.79 Å². The van der Waals surface area contributed by atoms with Gasteiger partial charge in [0.05, 0.1) is 12.7 Å². The van der Waals surface area contributed by atoms with Gasteiger partial charge in [-0.2, -0.15) is 0 Å². The largest absolute Gasteiger partial charge is 0.465 e. The summed E-state index contributed by atoms with van der Waals surface area (Å²) >= 11 is 1.54. The maximum Gasteiger partial charge on any atom is 0.341 e. The molecular formula is C14H22N2O2S. The second-order valence-corrected chi connectivity index (χ2v) is 6.10. The molecule has 0 aliphatic carbocycles. The van der Waals surface area contributed by atoms with E-state index in [2.05, 4.69) is 11.8 Å². The summed E-state index contributed by atoms with van der Waals surface area (Å²) in [4.78, 5) is 15.4. The standard InChI is InChI=1S/C14H22N2O2S/c1-3-4-5-7-16-8-6-10-11(9-16)19-13(15)12(10)14(17)18-2/h3-9,15H2,1-2H3. The molecule has 0 aromatic carbocycles. The molecule has 5 heteroatoms. The molecule has 1 aromatic heterocycles. The van der Waals surface area contributed by atoms with E-state index in [1.165, 1.54) is 42.6 Å². The van der Waals surface area contributed by atoms with E-state index in [9.17, 15) is 4.79 Å².